The van der Waals surface area contributed by atoms with Gasteiger partial charge < -0.3 is 19.5 Å². The number of carbonyl (C=O) groups excluding carboxylic acids is 1. The molecule has 3 aromatic rings. The van der Waals surface area contributed by atoms with Crippen LogP contribution in [0.25, 0.3) is 10.8 Å². The van der Waals surface area contributed by atoms with Gasteiger partial charge in [0, 0.05) is 5.39 Å². The number of ether oxygens (including phenoxy) is 3. The van der Waals surface area contributed by atoms with Crippen molar-refractivity contribution in [2.75, 3.05) is 13.2 Å². The SMILES string of the molecule is CC[C@@H](Oc1cccc2ccccc12)C(=O)N[C@@H](C)c1ccc2c(c1)OCCO2. The summed E-state index contributed by atoms with van der Waals surface area (Å²) in [7, 11) is 0. The van der Waals surface area contributed by atoms with E-state index in [0.29, 0.717) is 25.4 Å². The molecule has 0 saturated carbocycles. The Labute approximate surface area is 170 Å². The van der Waals surface area contributed by atoms with Gasteiger partial charge in [-0.15, -0.1) is 0 Å². The average Bonchev–Trinajstić information content (AvgIpc) is 2.77. The lowest BCUT2D eigenvalue weighted by atomic mass is 10.1. The minimum Gasteiger partial charge on any atom is -0.486 e. The van der Waals surface area contributed by atoms with Gasteiger partial charge in [0.25, 0.3) is 5.91 Å². The zero-order valence-corrected chi connectivity index (χ0v) is 16.7. The van der Waals surface area contributed by atoms with Gasteiger partial charge in [-0.05, 0) is 42.5 Å². The summed E-state index contributed by atoms with van der Waals surface area (Å²) in [4.78, 5) is 12.9. The van der Waals surface area contributed by atoms with Gasteiger partial charge in [0.2, 0.25) is 0 Å². The molecule has 1 amide bonds. The number of nitrogens with one attached hydrogen (secondary N) is 1. The molecule has 150 valence electrons. The second-order valence-corrected chi connectivity index (χ2v) is 7.13. The van der Waals surface area contributed by atoms with Crippen LogP contribution in [0.5, 0.6) is 17.2 Å². The Morgan fingerprint density at radius 2 is 1.79 bits per heavy atom. The number of benzene rings is 3. The monoisotopic (exact) mass is 391 g/mol. The Kier molecular flexibility index (Phi) is 5.56. The molecule has 3 aromatic carbocycles. The molecule has 0 unspecified atom stereocenters. The number of hydrogen-bond donors (Lipinski definition) is 1. The maximum absolute atomic E-state index is 12.9. The summed E-state index contributed by atoms with van der Waals surface area (Å²) in [5, 5.41) is 5.15. The topological polar surface area (TPSA) is 56.8 Å². The molecular formula is C24H25NO4. The van der Waals surface area contributed by atoms with Gasteiger partial charge in [-0.1, -0.05) is 49.4 Å². The van der Waals surface area contributed by atoms with Crippen molar-refractivity contribution in [3.05, 3.63) is 66.2 Å². The average molecular weight is 391 g/mol. The molecule has 0 spiro atoms. The lowest BCUT2D eigenvalue weighted by molar-refractivity contribution is -0.128. The first-order valence-electron chi connectivity index (χ1n) is 10.00. The summed E-state index contributed by atoms with van der Waals surface area (Å²) < 4.78 is 17.3. The molecule has 0 radical (unpaired) electrons. The van der Waals surface area contributed by atoms with Gasteiger partial charge in [0.1, 0.15) is 19.0 Å². The van der Waals surface area contributed by atoms with E-state index in [1.807, 2.05) is 74.5 Å². The van der Waals surface area contributed by atoms with Crippen LogP contribution in [-0.2, 0) is 4.79 Å². The highest BCUT2D eigenvalue weighted by Crippen LogP contribution is 2.32. The molecule has 0 saturated heterocycles. The van der Waals surface area contributed by atoms with Crippen molar-refractivity contribution >= 4 is 16.7 Å². The van der Waals surface area contributed by atoms with E-state index in [2.05, 4.69) is 5.32 Å². The Hall–Kier alpha value is -3.21. The fourth-order valence-corrected chi connectivity index (χ4v) is 3.49. The smallest absolute Gasteiger partial charge is 0.261 e. The van der Waals surface area contributed by atoms with Crippen LogP contribution < -0.4 is 19.5 Å². The maximum atomic E-state index is 12.9. The summed E-state index contributed by atoms with van der Waals surface area (Å²) in [6.45, 7) is 4.99. The van der Waals surface area contributed by atoms with Crippen LogP contribution in [0.15, 0.2) is 60.7 Å². The third kappa shape index (κ3) is 4.14. The first-order valence-corrected chi connectivity index (χ1v) is 10.00. The van der Waals surface area contributed by atoms with Gasteiger partial charge in [-0.25, -0.2) is 0 Å². The van der Waals surface area contributed by atoms with Crippen molar-refractivity contribution in [1.82, 2.24) is 5.32 Å². The van der Waals surface area contributed by atoms with Crippen LogP contribution in [0.1, 0.15) is 31.9 Å². The van der Waals surface area contributed by atoms with Gasteiger partial charge in [-0.2, -0.15) is 0 Å². The summed E-state index contributed by atoms with van der Waals surface area (Å²) in [6, 6.07) is 19.5. The van der Waals surface area contributed by atoms with E-state index in [9.17, 15) is 4.79 Å². The molecule has 4 rings (SSSR count). The van der Waals surface area contributed by atoms with Gasteiger partial charge in [0.15, 0.2) is 17.6 Å². The standard InChI is InChI=1S/C24H25NO4/c1-3-20(29-21-10-6-8-17-7-4-5-9-19(17)21)24(26)25-16(2)18-11-12-22-23(15-18)28-14-13-27-22/h4-12,15-16,20H,3,13-14H2,1-2H3,(H,25,26)/t16-,20+/m0/s1. The van der Waals surface area contributed by atoms with Crippen molar-refractivity contribution in [1.29, 1.82) is 0 Å². The highest BCUT2D eigenvalue weighted by Gasteiger charge is 2.22. The van der Waals surface area contributed by atoms with Crippen LogP contribution in [0, 0.1) is 0 Å². The van der Waals surface area contributed by atoms with E-state index >= 15 is 0 Å². The molecule has 29 heavy (non-hydrogen) atoms. The summed E-state index contributed by atoms with van der Waals surface area (Å²) in [5.74, 6) is 2.04. The molecular weight excluding hydrogens is 366 g/mol. The fourth-order valence-electron chi connectivity index (χ4n) is 3.49. The molecule has 0 aliphatic carbocycles. The van der Waals surface area contributed by atoms with Crippen molar-refractivity contribution in [3.63, 3.8) is 0 Å². The first-order chi connectivity index (χ1) is 14.2. The molecule has 0 aromatic heterocycles. The Morgan fingerprint density at radius 1 is 1.03 bits per heavy atom. The van der Waals surface area contributed by atoms with Crippen LogP contribution in [-0.4, -0.2) is 25.2 Å². The van der Waals surface area contributed by atoms with E-state index in [-0.39, 0.29) is 11.9 Å². The highest BCUT2D eigenvalue weighted by molar-refractivity contribution is 5.89. The van der Waals surface area contributed by atoms with Gasteiger partial charge in [-0.3, -0.25) is 4.79 Å². The van der Waals surface area contributed by atoms with Gasteiger partial charge >= 0.3 is 0 Å². The van der Waals surface area contributed by atoms with Gasteiger partial charge in [0.05, 0.1) is 6.04 Å². The quantitative estimate of drug-likeness (QED) is 0.665. The molecule has 1 aliphatic rings. The number of fused-ring (bicyclic) bond motifs is 2. The lowest BCUT2D eigenvalue weighted by Crippen LogP contribution is -2.39. The molecule has 1 heterocycles. The van der Waals surface area contributed by atoms with Crippen molar-refractivity contribution in [2.24, 2.45) is 0 Å². The fraction of sp³-hybridized carbons (Fsp3) is 0.292. The number of amides is 1. The van der Waals surface area contributed by atoms with E-state index in [1.54, 1.807) is 0 Å². The van der Waals surface area contributed by atoms with E-state index in [4.69, 9.17) is 14.2 Å². The zero-order chi connectivity index (χ0) is 20.2. The Morgan fingerprint density at radius 3 is 2.62 bits per heavy atom. The molecule has 1 aliphatic heterocycles. The number of carbonyl (C=O) groups is 1. The predicted molar refractivity (Wildman–Crippen MR) is 113 cm³/mol. The lowest BCUT2D eigenvalue weighted by Gasteiger charge is -2.23. The van der Waals surface area contributed by atoms with E-state index in [1.165, 1.54) is 0 Å². The minimum atomic E-state index is -0.569. The normalized spacial score (nSPS) is 14.8. The minimum absolute atomic E-state index is 0.136. The van der Waals surface area contributed by atoms with E-state index in [0.717, 1.165) is 27.8 Å². The van der Waals surface area contributed by atoms with Crippen LogP contribution in [0.2, 0.25) is 0 Å². The van der Waals surface area contributed by atoms with Crippen molar-refractivity contribution < 1.29 is 19.0 Å². The molecule has 2 atom stereocenters. The third-order valence-corrected chi connectivity index (χ3v) is 5.11. The second-order valence-electron chi connectivity index (χ2n) is 7.13. The second kappa shape index (κ2) is 8.43. The predicted octanol–water partition coefficient (Wildman–Crippen LogP) is 4.65. The third-order valence-electron chi connectivity index (χ3n) is 5.11. The summed E-state index contributed by atoms with van der Waals surface area (Å²) in [5.41, 5.74) is 0.961. The molecule has 0 bridgehead atoms. The number of hydrogen-bond acceptors (Lipinski definition) is 4. The summed E-state index contributed by atoms with van der Waals surface area (Å²) >= 11 is 0. The van der Waals surface area contributed by atoms with Crippen LogP contribution in [0.3, 0.4) is 0 Å². The summed E-state index contributed by atoms with van der Waals surface area (Å²) in [6.07, 6.45) is 0.00332. The molecule has 1 N–H and O–H groups in total. The largest absolute Gasteiger partial charge is 0.486 e. The Bertz CT molecular complexity index is 1010. The Balaban J connectivity index is 1.47. The molecule has 0 fully saturated rings. The zero-order valence-electron chi connectivity index (χ0n) is 16.7. The molecule has 5 heteroatoms. The van der Waals surface area contributed by atoms with Crippen molar-refractivity contribution in [3.8, 4) is 17.2 Å². The van der Waals surface area contributed by atoms with Crippen molar-refractivity contribution in [2.45, 2.75) is 32.4 Å². The van der Waals surface area contributed by atoms with Crippen LogP contribution in [0.4, 0.5) is 0 Å². The number of rotatable bonds is 6. The van der Waals surface area contributed by atoms with Crippen LogP contribution >= 0.6 is 0 Å². The maximum Gasteiger partial charge on any atom is 0.261 e. The highest BCUT2D eigenvalue weighted by atomic mass is 16.6. The first kappa shape index (κ1) is 19.1. The molecule has 5 nitrogen and oxygen atoms in total. The van der Waals surface area contributed by atoms with E-state index < -0.39 is 6.10 Å².